The van der Waals surface area contributed by atoms with Crippen molar-refractivity contribution in [1.82, 2.24) is 10.2 Å². The number of hydrogen-bond donors (Lipinski definition) is 2. The van der Waals surface area contributed by atoms with Gasteiger partial charge in [-0.3, -0.25) is 14.5 Å². The zero-order chi connectivity index (χ0) is 18.3. The Morgan fingerprint density at radius 3 is 2.12 bits per heavy atom. The third kappa shape index (κ3) is 5.02. The van der Waals surface area contributed by atoms with Gasteiger partial charge in [0.05, 0.1) is 40.0 Å². The fraction of sp³-hybridized carbons (Fsp3) is 0.500. The molecule has 1 unspecified atom stereocenters. The molecule has 0 spiro atoms. The first-order valence-corrected chi connectivity index (χ1v) is 7.32. The van der Waals surface area contributed by atoms with Gasteiger partial charge in [0.2, 0.25) is 5.91 Å². The predicted octanol–water partition coefficient (Wildman–Crippen LogP) is 0.734. The Bertz CT molecular complexity index is 565. The number of amides is 1. The third-order valence-corrected chi connectivity index (χ3v) is 3.69. The highest BCUT2D eigenvalue weighted by Gasteiger charge is 2.20. The van der Waals surface area contributed by atoms with Crippen LogP contribution in [0.1, 0.15) is 12.5 Å². The van der Waals surface area contributed by atoms with Crippen LogP contribution in [0.15, 0.2) is 12.1 Å². The van der Waals surface area contributed by atoms with Crippen molar-refractivity contribution in [3.05, 3.63) is 17.7 Å². The number of nitrogens with zero attached hydrogens (tertiary/aromatic N) is 1. The summed E-state index contributed by atoms with van der Waals surface area (Å²) in [6.45, 7) is 1.67. The summed E-state index contributed by atoms with van der Waals surface area (Å²) in [5, 5.41) is 11.7. The summed E-state index contributed by atoms with van der Waals surface area (Å²) < 4.78 is 15.8. The summed E-state index contributed by atoms with van der Waals surface area (Å²) in [6, 6.07) is 2.64. The Hall–Kier alpha value is -2.48. The van der Waals surface area contributed by atoms with Crippen LogP contribution in [0.2, 0.25) is 0 Å². The van der Waals surface area contributed by atoms with Crippen molar-refractivity contribution in [2.75, 3.05) is 34.9 Å². The number of carboxylic acids is 1. The standard InChI is InChI=1S/C16H24N2O6/c1-10(16(20)21)18(2)9-15(19)17-8-12-13(23-4)6-11(22-3)7-14(12)24-5/h6-7,10H,8-9H2,1-5H3,(H,17,19)(H,20,21). The number of aliphatic carboxylic acids is 1. The normalized spacial score (nSPS) is 11.8. The molecule has 0 saturated carbocycles. The molecule has 0 fully saturated rings. The van der Waals surface area contributed by atoms with Crippen molar-refractivity contribution in [3.8, 4) is 17.2 Å². The smallest absolute Gasteiger partial charge is 0.320 e. The van der Waals surface area contributed by atoms with E-state index in [0.29, 0.717) is 22.8 Å². The molecule has 8 heteroatoms. The van der Waals surface area contributed by atoms with Crippen molar-refractivity contribution in [2.24, 2.45) is 0 Å². The second kappa shape index (κ2) is 8.97. The van der Waals surface area contributed by atoms with Gasteiger partial charge >= 0.3 is 5.97 Å². The van der Waals surface area contributed by atoms with Gasteiger partial charge in [-0.1, -0.05) is 0 Å². The van der Waals surface area contributed by atoms with Gasteiger partial charge in [0.25, 0.3) is 0 Å². The predicted molar refractivity (Wildman–Crippen MR) is 87.7 cm³/mol. The Balaban J connectivity index is 2.79. The van der Waals surface area contributed by atoms with E-state index in [2.05, 4.69) is 5.32 Å². The lowest BCUT2D eigenvalue weighted by Gasteiger charge is -2.21. The quantitative estimate of drug-likeness (QED) is 0.684. The molecule has 0 aliphatic rings. The van der Waals surface area contributed by atoms with E-state index in [-0.39, 0.29) is 19.0 Å². The topological polar surface area (TPSA) is 97.3 Å². The van der Waals surface area contributed by atoms with Crippen LogP contribution in [-0.2, 0) is 16.1 Å². The van der Waals surface area contributed by atoms with Crippen LogP contribution in [0.4, 0.5) is 0 Å². The maximum Gasteiger partial charge on any atom is 0.320 e. The monoisotopic (exact) mass is 340 g/mol. The molecule has 24 heavy (non-hydrogen) atoms. The average molecular weight is 340 g/mol. The number of carboxylic acid groups (broad SMARTS) is 1. The van der Waals surface area contributed by atoms with Crippen molar-refractivity contribution < 1.29 is 28.9 Å². The van der Waals surface area contributed by atoms with Gasteiger partial charge in [-0.05, 0) is 14.0 Å². The summed E-state index contributed by atoms with van der Waals surface area (Å²) in [7, 11) is 6.14. The molecule has 0 heterocycles. The van der Waals surface area contributed by atoms with Gasteiger partial charge < -0.3 is 24.6 Å². The highest BCUT2D eigenvalue weighted by atomic mass is 16.5. The van der Waals surface area contributed by atoms with Crippen LogP contribution in [0, 0.1) is 0 Å². The van der Waals surface area contributed by atoms with E-state index in [1.165, 1.54) is 33.2 Å². The lowest BCUT2D eigenvalue weighted by molar-refractivity contribution is -0.142. The first kappa shape index (κ1) is 19.6. The highest BCUT2D eigenvalue weighted by Crippen LogP contribution is 2.33. The number of ether oxygens (including phenoxy) is 3. The summed E-state index contributed by atoms with van der Waals surface area (Å²) in [5.74, 6) is 0.348. The lowest BCUT2D eigenvalue weighted by atomic mass is 10.1. The molecule has 0 bridgehead atoms. The van der Waals surface area contributed by atoms with E-state index in [1.807, 2.05) is 0 Å². The molecule has 2 N–H and O–H groups in total. The third-order valence-electron chi connectivity index (χ3n) is 3.69. The molecule has 0 saturated heterocycles. The van der Waals surface area contributed by atoms with Gasteiger partial charge in [-0.25, -0.2) is 0 Å². The number of nitrogens with one attached hydrogen (secondary N) is 1. The highest BCUT2D eigenvalue weighted by molar-refractivity contribution is 5.79. The maximum atomic E-state index is 12.0. The first-order chi connectivity index (χ1) is 11.3. The number of carbonyl (C=O) groups excluding carboxylic acids is 1. The Morgan fingerprint density at radius 2 is 1.71 bits per heavy atom. The van der Waals surface area contributed by atoms with Crippen LogP contribution < -0.4 is 19.5 Å². The second-order valence-electron chi connectivity index (χ2n) is 5.22. The van der Waals surface area contributed by atoms with Gasteiger partial charge in [-0.2, -0.15) is 0 Å². The number of methoxy groups -OCH3 is 3. The number of carbonyl (C=O) groups is 2. The van der Waals surface area contributed by atoms with E-state index in [4.69, 9.17) is 19.3 Å². The Morgan fingerprint density at radius 1 is 1.17 bits per heavy atom. The summed E-state index contributed by atoms with van der Waals surface area (Å²) in [5.41, 5.74) is 0.670. The van der Waals surface area contributed by atoms with E-state index < -0.39 is 12.0 Å². The number of benzene rings is 1. The van der Waals surface area contributed by atoms with Crippen molar-refractivity contribution in [1.29, 1.82) is 0 Å². The molecule has 1 atom stereocenters. The number of hydrogen-bond acceptors (Lipinski definition) is 6. The van der Waals surface area contributed by atoms with E-state index in [1.54, 1.807) is 19.2 Å². The molecule has 1 aromatic rings. The van der Waals surface area contributed by atoms with Gasteiger partial charge in [-0.15, -0.1) is 0 Å². The molecule has 0 aliphatic carbocycles. The Labute approximate surface area is 141 Å². The number of likely N-dealkylation sites (N-methyl/N-ethyl adjacent to an activating group) is 1. The molecular weight excluding hydrogens is 316 g/mol. The van der Waals surface area contributed by atoms with Gasteiger partial charge in [0.15, 0.2) is 0 Å². The van der Waals surface area contributed by atoms with E-state index in [0.717, 1.165) is 0 Å². The fourth-order valence-corrected chi connectivity index (χ4v) is 2.05. The minimum Gasteiger partial charge on any atom is -0.496 e. The SMILES string of the molecule is COc1cc(OC)c(CNC(=O)CN(C)C(C)C(=O)O)c(OC)c1. The van der Waals surface area contributed by atoms with Gasteiger partial charge in [0, 0.05) is 12.1 Å². The minimum absolute atomic E-state index is 0.0335. The summed E-state index contributed by atoms with van der Waals surface area (Å²) in [4.78, 5) is 24.4. The second-order valence-corrected chi connectivity index (χ2v) is 5.22. The zero-order valence-corrected chi connectivity index (χ0v) is 14.6. The van der Waals surface area contributed by atoms with Crippen LogP contribution in [0.25, 0.3) is 0 Å². The number of rotatable bonds is 9. The molecule has 1 aromatic carbocycles. The largest absolute Gasteiger partial charge is 0.496 e. The molecule has 0 aliphatic heterocycles. The Kier molecular flexibility index (Phi) is 7.31. The molecule has 0 aromatic heterocycles. The van der Waals surface area contributed by atoms with Crippen LogP contribution >= 0.6 is 0 Å². The fourth-order valence-electron chi connectivity index (χ4n) is 2.05. The van der Waals surface area contributed by atoms with E-state index >= 15 is 0 Å². The van der Waals surface area contributed by atoms with Crippen LogP contribution in [0.5, 0.6) is 17.2 Å². The minimum atomic E-state index is -0.983. The first-order valence-electron chi connectivity index (χ1n) is 7.32. The molecule has 1 rings (SSSR count). The van der Waals surface area contributed by atoms with Gasteiger partial charge in [0.1, 0.15) is 23.3 Å². The van der Waals surface area contributed by atoms with Crippen molar-refractivity contribution in [3.63, 3.8) is 0 Å². The van der Waals surface area contributed by atoms with E-state index in [9.17, 15) is 9.59 Å². The summed E-state index contributed by atoms with van der Waals surface area (Å²) in [6.07, 6.45) is 0. The molecular formula is C16H24N2O6. The van der Waals surface area contributed by atoms with Crippen LogP contribution in [0.3, 0.4) is 0 Å². The molecule has 1 amide bonds. The molecule has 8 nitrogen and oxygen atoms in total. The average Bonchev–Trinajstić information content (AvgIpc) is 2.57. The maximum absolute atomic E-state index is 12.0. The lowest BCUT2D eigenvalue weighted by Crippen LogP contribution is -2.42. The zero-order valence-electron chi connectivity index (χ0n) is 14.6. The molecule has 134 valence electrons. The molecule has 0 radical (unpaired) electrons. The summed E-state index contributed by atoms with van der Waals surface area (Å²) >= 11 is 0. The van der Waals surface area contributed by atoms with Crippen LogP contribution in [-0.4, -0.2) is 62.8 Å². The van der Waals surface area contributed by atoms with Crippen molar-refractivity contribution in [2.45, 2.75) is 19.5 Å². The van der Waals surface area contributed by atoms with Crippen molar-refractivity contribution >= 4 is 11.9 Å².